The van der Waals surface area contributed by atoms with E-state index in [0.717, 1.165) is 25.7 Å². The van der Waals surface area contributed by atoms with Gasteiger partial charge < -0.3 is 4.74 Å². The molecule has 86 valence electrons. The molecule has 0 saturated carbocycles. The van der Waals surface area contributed by atoms with Gasteiger partial charge in [0.25, 0.3) is 0 Å². The predicted molar refractivity (Wildman–Crippen MR) is 57.9 cm³/mol. The number of unbranched alkanes of at least 4 members (excludes halogenated alkanes) is 4. The summed E-state index contributed by atoms with van der Waals surface area (Å²) in [7, 11) is 0. The van der Waals surface area contributed by atoms with Crippen molar-refractivity contribution in [1.82, 2.24) is 0 Å². The van der Waals surface area contributed by atoms with Crippen molar-refractivity contribution < 1.29 is 14.3 Å². The maximum atomic E-state index is 11.1. The SMILES string of the molecule is CCCCCCCC(=O)OC(=O)C(C)=N. The molecule has 0 amide bonds. The second-order valence-electron chi connectivity index (χ2n) is 3.55. The molecule has 0 aliphatic rings. The van der Waals surface area contributed by atoms with Gasteiger partial charge in [-0.25, -0.2) is 4.79 Å². The minimum absolute atomic E-state index is 0.241. The molecule has 15 heavy (non-hydrogen) atoms. The second kappa shape index (κ2) is 8.15. The van der Waals surface area contributed by atoms with Gasteiger partial charge in [-0.1, -0.05) is 32.6 Å². The van der Waals surface area contributed by atoms with Gasteiger partial charge in [-0.05, 0) is 13.3 Å². The van der Waals surface area contributed by atoms with Crippen LogP contribution in [-0.2, 0) is 14.3 Å². The lowest BCUT2D eigenvalue weighted by Crippen LogP contribution is -2.17. The Balaban J connectivity index is 3.49. The maximum Gasteiger partial charge on any atom is 0.359 e. The normalized spacial score (nSPS) is 9.73. The van der Waals surface area contributed by atoms with E-state index in [1.165, 1.54) is 13.3 Å². The van der Waals surface area contributed by atoms with Gasteiger partial charge in [0.05, 0.1) is 0 Å². The molecule has 0 bridgehead atoms. The molecule has 0 aromatic rings. The van der Waals surface area contributed by atoms with E-state index in [1.54, 1.807) is 0 Å². The fraction of sp³-hybridized carbons (Fsp3) is 0.727. The highest BCUT2D eigenvalue weighted by Crippen LogP contribution is 2.05. The number of ether oxygens (including phenoxy) is 1. The van der Waals surface area contributed by atoms with Crippen molar-refractivity contribution in [2.75, 3.05) is 0 Å². The van der Waals surface area contributed by atoms with Crippen LogP contribution >= 0.6 is 0 Å². The zero-order valence-corrected chi connectivity index (χ0v) is 9.47. The van der Waals surface area contributed by atoms with Crippen LogP contribution < -0.4 is 0 Å². The lowest BCUT2D eigenvalue weighted by atomic mass is 10.1. The molecule has 4 heteroatoms. The summed E-state index contributed by atoms with van der Waals surface area (Å²) in [6, 6.07) is 0. The Morgan fingerprint density at radius 1 is 1.13 bits per heavy atom. The molecule has 0 spiro atoms. The van der Waals surface area contributed by atoms with E-state index in [1.807, 2.05) is 0 Å². The van der Waals surface area contributed by atoms with Gasteiger partial charge in [-0.3, -0.25) is 10.2 Å². The quantitative estimate of drug-likeness (QED) is 0.306. The number of carbonyl (C=O) groups is 2. The first-order valence-corrected chi connectivity index (χ1v) is 5.38. The molecular formula is C11H19NO3. The van der Waals surface area contributed by atoms with Crippen molar-refractivity contribution in [2.45, 2.75) is 52.4 Å². The van der Waals surface area contributed by atoms with E-state index >= 15 is 0 Å². The molecule has 4 nitrogen and oxygen atoms in total. The van der Waals surface area contributed by atoms with E-state index in [4.69, 9.17) is 5.41 Å². The molecule has 0 aromatic heterocycles. The van der Waals surface area contributed by atoms with Crippen molar-refractivity contribution in [1.29, 1.82) is 5.41 Å². The number of nitrogens with one attached hydrogen (secondary N) is 1. The van der Waals surface area contributed by atoms with Crippen LogP contribution in [0.3, 0.4) is 0 Å². The van der Waals surface area contributed by atoms with E-state index in [0.29, 0.717) is 0 Å². The van der Waals surface area contributed by atoms with Crippen LogP contribution in [0.1, 0.15) is 52.4 Å². The summed E-state index contributed by atoms with van der Waals surface area (Å²) >= 11 is 0. The third-order valence-corrected chi connectivity index (χ3v) is 2.00. The van der Waals surface area contributed by atoms with Crippen LogP contribution in [-0.4, -0.2) is 17.7 Å². The summed E-state index contributed by atoms with van der Waals surface area (Å²) in [5.74, 6) is -1.36. The first-order chi connectivity index (χ1) is 7.07. The molecule has 0 rings (SSSR count). The van der Waals surface area contributed by atoms with E-state index in [9.17, 15) is 9.59 Å². The zero-order valence-electron chi connectivity index (χ0n) is 9.47. The highest BCUT2D eigenvalue weighted by Gasteiger charge is 2.11. The van der Waals surface area contributed by atoms with E-state index in [-0.39, 0.29) is 12.1 Å². The van der Waals surface area contributed by atoms with E-state index in [2.05, 4.69) is 11.7 Å². The summed E-state index contributed by atoms with van der Waals surface area (Å²) in [5.41, 5.74) is -0.241. The fourth-order valence-corrected chi connectivity index (χ4v) is 1.10. The number of hydrogen-bond donors (Lipinski definition) is 1. The Morgan fingerprint density at radius 2 is 1.73 bits per heavy atom. The Kier molecular flexibility index (Phi) is 7.50. The Bertz CT molecular complexity index is 236. The van der Waals surface area contributed by atoms with Crippen LogP contribution in [0, 0.1) is 5.41 Å². The number of esters is 2. The molecule has 0 fully saturated rings. The third kappa shape index (κ3) is 7.85. The third-order valence-electron chi connectivity index (χ3n) is 2.00. The lowest BCUT2D eigenvalue weighted by molar-refractivity contribution is -0.155. The van der Waals surface area contributed by atoms with Gasteiger partial charge in [0.1, 0.15) is 5.71 Å². The molecule has 0 aliphatic heterocycles. The van der Waals surface area contributed by atoms with Gasteiger partial charge in [0, 0.05) is 6.42 Å². The van der Waals surface area contributed by atoms with Crippen molar-refractivity contribution in [2.24, 2.45) is 0 Å². The first kappa shape index (κ1) is 13.8. The molecule has 0 aliphatic carbocycles. The largest absolute Gasteiger partial charge is 0.389 e. The molecule has 0 unspecified atom stereocenters. The molecule has 1 N–H and O–H groups in total. The Morgan fingerprint density at radius 3 is 2.27 bits per heavy atom. The van der Waals surface area contributed by atoms with Crippen molar-refractivity contribution in [3.63, 3.8) is 0 Å². The monoisotopic (exact) mass is 213 g/mol. The van der Waals surface area contributed by atoms with Gasteiger partial charge in [-0.15, -0.1) is 0 Å². The minimum Gasteiger partial charge on any atom is -0.389 e. The molecule has 0 saturated heterocycles. The summed E-state index contributed by atoms with van der Waals surface area (Å²) in [5, 5.41) is 6.93. The average molecular weight is 213 g/mol. The number of rotatable bonds is 7. The van der Waals surface area contributed by atoms with Crippen LogP contribution in [0.4, 0.5) is 0 Å². The van der Waals surface area contributed by atoms with Gasteiger partial charge in [-0.2, -0.15) is 0 Å². The molecule has 0 aromatic carbocycles. The van der Waals surface area contributed by atoms with E-state index < -0.39 is 11.9 Å². The summed E-state index contributed by atoms with van der Waals surface area (Å²) < 4.78 is 4.42. The number of carbonyl (C=O) groups excluding carboxylic acids is 2. The first-order valence-electron chi connectivity index (χ1n) is 5.38. The van der Waals surface area contributed by atoms with Crippen LogP contribution in [0.5, 0.6) is 0 Å². The van der Waals surface area contributed by atoms with Crippen molar-refractivity contribution in [3.05, 3.63) is 0 Å². The molecule has 0 radical (unpaired) electrons. The lowest BCUT2D eigenvalue weighted by Gasteiger charge is -2.01. The predicted octanol–water partition coefficient (Wildman–Crippen LogP) is 2.46. The minimum atomic E-state index is -0.839. The Hall–Kier alpha value is -1.19. The zero-order chi connectivity index (χ0) is 11.7. The summed E-state index contributed by atoms with van der Waals surface area (Å²) in [6.45, 7) is 3.43. The van der Waals surface area contributed by atoms with Gasteiger partial charge in [0.15, 0.2) is 0 Å². The topological polar surface area (TPSA) is 67.2 Å². The summed E-state index contributed by atoms with van der Waals surface area (Å²) in [6.07, 6.45) is 5.46. The van der Waals surface area contributed by atoms with Gasteiger partial charge in [0.2, 0.25) is 0 Å². The average Bonchev–Trinajstić information content (AvgIpc) is 2.17. The second-order valence-corrected chi connectivity index (χ2v) is 3.55. The van der Waals surface area contributed by atoms with Gasteiger partial charge >= 0.3 is 11.9 Å². The Labute approximate surface area is 90.5 Å². The standard InChI is InChI=1S/C11H19NO3/c1-3-4-5-6-7-8-10(13)15-11(14)9(2)12/h12H,3-8H2,1-2H3. The molecular weight excluding hydrogens is 194 g/mol. The fourth-order valence-electron chi connectivity index (χ4n) is 1.10. The molecule has 0 atom stereocenters. The van der Waals surface area contributed by atoms with Crippen LogP contribution in [0.25, 0.3) is 0 Å². The smallest absolute Gasteiger partial charge is 0.359 e. The number of hydrogen-bond acceptors (Lipinski definition) is 4. The summed E-state index contributed by atoms with van der Waals surface area (Å²) in [4.78, 5) is 21.9. The highest BCUT2D eigenvalue weighted by molar-refractivity contribution is 6.35. The van der Waals surface area contributed by atoms with Crippen molar-refractivity contribution in [3.8, 4) is 0 Å². The van der Waals surface area contributed by atoms with Crippen LogP contribution in [0.15, 0.2) is 0 Å². The highest BCUT2D eigenvalue weighted by atomic mass is 16.6. The molecule has 0 heterocycles. The van der Waals surface area contributed by atoms with Crippen LogP contribution in [0.2, 0.25) is 0 Å². The maximum absolute atomic E-state index is 11.1. The van der Waals surface area contributed by atoms with Crippen molar-refractivity contribution >= 4 is 17.7 Å².